The van der Waals surface area contributed by atoms with Crippen LogP contribution in [-0.4, -0.2) is 39.0 Å². The predicted molar refractivity (Wildman–Crippen MR) is 154 cm³/mol. The summed E-state index contributed by atoms with van der Waals surface area (Å²) in [5.41, 5.74) is 5.56. The molecule has 3 aromatic heterocycles. The molecule has 1 aliphatic heterocycles. The van der Waals surface area contributed by atoms with Crippen molar-refractivity contribution in [2.24, 2.45) is 0 Å². The fourth-order valence-corrected chi connectivity index (χ4v) is 5.61. The minimum atomic E-state index is -0.892. The van der Waals surface area contributed by atoms with Gasteiger partial charge in [-0.1, -0.05) is 30.3 Å². The van der Waals surface area contributed by atoms with Gasteiger partial charge in [0.15, 0.2) is 0 Å². The number of carbonyl (C=O) groups is 1. The van der Waals surface area contributed by atoms with Gasteiger partial charge in [0.05, 0.1) is 30.8 Å². The van der Waals surface area contributed by atoms with Gasteiger partial charge in [0.1, 0.15) is 22.7 Å². The summed E-state index contributed by atoms with van der Waals surface area (Å²) in [5, 5.41) is 20.6. The monoisotopic (exact) mass is 532 g/mol. The molecular weight excluding hydrogens is 504 g/mol. The molecule has 1 aliphatic rings. The Morgan fingerprint density at radius 3 is 2.88 bits per heavy atom. The molecule has 200 valence electrons. The predicted octanol–water partition coefficient (Wildman–Crippen LogP) is 6.37. The lowest BCUT2D eigenvalue weighted by Crippen LogP contribution is -2.16. The van der Waals surface area contributed by atoms with Crippen molar-refractivity contribution in [3.05, 3.63) is 95.8 Å². The van der Waals surface area contributed by atoms with Gasteiger partial charge < -0.3 is 19.6 Å². The van der Waals surface area contributed by atoms with Crippen LogP contribution in [0.3, 0.4) is 0 Å². The highest BCUT2D eigenvalue weighted by atomic mass is 16.5. The van der Waals surface area contributed by atoms with Crippen LogP contribution in [0.2, 0.25) is 0 Å². The van der Waals surface area contributed by atoms with E-state index in [2.05, 4.69) is 22.5 Å². The molecule has 4 heterocycles. The summed E-state index contributed by atoms with van der Waals surface area (Å²) in [6.45, 7) is 1.47. The molecule has 7 rings (SSSR count). The fourth-order valence-electron chi connectivity index (χ4n) is 5.61. The Kier molecular flexibility index (Phi) is 6.07. The van der Waals surface area contributed by atoms with Crippen LogP contribution in [0, 0.1) is 0 Å². The number of ether oxygens (including phenoxy) is 1. The Hall–Kier alpha value is -4.85. The van der Waals surface area contributed by atoms with Crippen LogP contribution in [0.25, 0.3) is 32.8 Å². The van der Waals surface area contributed by atoms with E-state index in [1.54, 1.807) is 10.9 Å². The average Bonchev–Trinajstić information content (AvgIpc) is 3.56. The summed E-state index contributed by atoms with van der Waals surface area (Å²) in [7, 11) is 0. The zero-order valence-corrected chi connectivity index (χ0v) is 21.8. The number of hydrogen-bond donors (Lipinski definition) is 2. The van der Waals surface area contributed by atoms with Crippen molar-refractivity contribution in [2.75, 3.05) is 18.5 Å². The number of para-hydroxylation sites is 1. The van der Waals surface area contributed by atoms with E-state index in [9.17, 15) is 9.90 Å². The van der Waals surface area contributed by atoms with Crippen molar-refractivity contribution in [3.8, 4) is 5.75 Å². The van der Waals surface area contributed by atoms with Crippen molar-refractivity contribution in [3.63, 3.8) is 0 Å². The van der Waals surface area contributed by atoms with E-state index in [1.165, 1.54) is 5.56 Å². The molecule has 0 saturated carbocycles. The minimum absolute atomic E-state index is 0.0983. The number of nitrogens with one attached hydrogen (secondary N) is 1. The standard InChI is InChI=1S/C32H28N4O4/c37-31(38)18-28(21-8-12-30-26(17-21)25-5-1-2-6-29(25)40-30)36-27-11-10-24(16-22(27)19-34-36)39-15-13-23-9-7-20-4-3-14-33-32(20)35-23/h1-2,5-12,16-17,19,28H,3-4,13-15,18H2,(H,33,35)(H,37,38). The smallest absolute Gasteiger partial charge is 0.305 e. The summed E-state index contributed by atoms with van der Waals surface area (Å²) in [4.78, 5) is 16.7. The number of aromatic nitrogens is 3. The second kappa shape index (κ2) is 10.0. The van der Waals surface area contributed by atoms with Gasteiger partial charge in [-0.15, -0.1) is 0 Å². The number of furan rings is 1. The van der Waals surface area contributed by atoms with Crippen LogP contribution in [-0.2, 0) is 17.6 Å². The van der Waals surface area contributed by atoms with E-state index in [1.807, 2.05) is 60.7 Å². The highest BCUT2D eigenvalue weighted by molar-refractivity contribution is 6.05. The fraction of sp³-hybridized carbons (Fsp3) is 0.219. The number of hydrogen-bond acceptors (Lipinski definition) is 6. The number of carboxylic acid groups (broad SMARTS) is 1. The van der Waals surface area contributed by atoms with E-state index < -0.39 is 12.0 Å². The average molecular weight is 533 g/mol. The highest BCUT2D eigenvalue weighted by Crippen LogP contribution is 2.34. The van der Waals surface area contributed by atoms with Gasteiger partial charge in [0, 0.05) is 34.8 Å². The quantitative estimate of drug-likeness (QED) is 0.235. The molecule has 0 spiro atoms. The first kappa shape index (κ1) is 24.2. The third-order valence-electron chi connectivity index (χ3n) is 7.59. The largest absolute Gasteiger partial charge is 0.493 e. The van der Waals surface area contributed by atoms with Crippen LogP contribution in [0.15, 0.2) is 83.4 Å². The van der Waals surface area contributed by atoms with Gasteiger partial charge >= 0.3 is 5.97 Å². The van der Waals surface area contributed by atoms with Crippen LogP contribution < -0.4 is 10.1 Å². The molecule has 8 nitrogen and oxygen atoms in total. The maximum atomic E-state index is 11.9. The Morgan fingerprint density at radius 2 is 1.95 bits per heavy atom. The van der Waals surface area contributed by atoms with E-state index in [4.69, 9.17) is 14.1 Å². The second-order valence-corrected chi connectivity index (χ2v) is 10.2. The molecule has 1 atom stereocenters. The topological polar surface area (TPSA) is 102 Å². The zero-order valence-electron chi connectivity index (χ0n) is 21.8. The lowest BCUT2D eigenvalue weighted by Gasteiger charge is -2.18. The van der Waals surface area contributed by atoms with Gasteiger partial charge in [-0.05, 0) is 66.4 Å². The number of pyridine rings is 1. The molecule has 40 heavy (non-hydrogen) atoms. The van der Waals surface area contributed by atoms with Crippen molar-refractivity contribution >= 4 is 44.6 Å². The van der Waals surface area contributed by atoms with Crippen molar-refractivity contribution in [1.29, 1.82) is 0 Å². The van der Waals surface area contributed by atoms with Gasteiger partial charge in [0.2, 0.25) is 0 Å². The number of nitrogens with zero attached hydrogens (tertiary/aromatic N) is 3. The molecule has 0 amide bonds. The first-order valence-corrected chi connectivity index (χ1v) is 13.6. The normalized spacial score (nSPS) is 13.8. The van der Waals surface area contributed by atoms with E-state index in [-0.39, 0.29) is 6.42 Å². The van der Waals surface area contributed by atoms with Crippen molar-refractivity contribution in [1.82, 2.24) is 14.8 Å². The Balaban J connectivity index is 1.13. The van der Waals surface area contributed by atoms with Crippen molar-refractivity contribution < 1.29 is 19.1 Å². The molecular formula is C32H28N4O4. The molecule has 0 saturated heterocycles. The lowest BCUT2D eigenvalue weighted by molar-refractivity contribution is -0.137. The summed E-state index contributed by atoms with van der Waals surface area (Å²) >= 11 is 0. The van der Waals surface area contributed by atoms with Crippen LogP contribution >= 0.6 is 0 Å². The first-order valence-electron chi connectivity index (χ1n) is 13.6. The number of aryl methyl sites for hydroxylation is 1. The number of carboxylic acids is 1. The van der Waals surface area contributed by atoms with Crippen LogP contribution in [0.5, 0.6) is 5.75 Å². The molecule has 0 radical (unpaired) electrons. The summed E-state index contributed by atoms with van der Waals surface area (Å²) in [5.74, 6) is 0.842. The zero-order chi connectivity index (χ0) is 27.1. The Labute approximate surface area is 230 Å². The lowest BCUT2D eigenvalue weighted by atomic mass is 10.0. The number of fused-ring (bicyclic) bond motifs is 5. The van der Waals surface area contributed by atoms with Gasteiger partial charge in [-0.2, -0.15) is 5.10 Å². The SMILES string of the molecule is O=C(O)CC(c1ccc2oc3ccccc3c2c1)n1ncc2cc(OCCc3ccc4c(n3)NCCC4)ccc21. The molecule has 0 fully saturated rings. The van der Waals surface area contributed by atoms with E-state index >= 15 is 0 Å². The number of anilines is 1. The molecule has 6 aromatic rings. The molecule has 2 N–H and O–H groups in total. The molecule has 0 aliphatic carbocycles. The summed E-state index contributed by atoms with van der Waals surface area (Å²) < 4.78 is 13.8. The second-order valence-electron chi connectivity index (χ2n) is 10.2. The highest BCUT2D eigenvalue weighted by Gasteiger charge is 2.22. The number of aliphatic carboxylic acids is 1. The minimum Gasteiger partial charge on any atom is -0.493 e. The molecule has 1 unspecified atom stereocenters. The maximum absolute atomic E-state index is 11.9. The van der Waals surface area contributed by atoms with Crippen LogP contribution in [0.1, 0.15) is 35.7 Å². The molecule has 3 aromatic carbocycles. The summed E-state index contributed by atoms with van der Waals surface area (Å²) in [6.07, 6.45) is 4.59. The third-order valence-corrected chi connectivity index (χ3v) is 7.59. The van der Waals surface area contributed by atoms with Crippen LogP contribution in [0.4, 0.5) is 5.82 Å². The Bertz CT molecular complexity index is 1870. The van der Waals surface area contributed by atoms with Gasteiger partial charge in [-0.25, -0.2) is 4.98 Å². The number of rotatable bonds is 8. The van der Waals surface area contributed by atoms with Crippen molar-refractivity contribution in [2.45, 2.75) is 31.7 Å². The summed E-state index contributed by atoms with van der Waals surface area (Å²) in [6, 6.07) is 23.3. The Morgan fingerprint density at radius 1 is 1.05 bits per heavy atom. The van der Waals surface area contributed by atoms with Gasteiger partial charge in [-0.3, -0.25) is 9.48 Å². The molecule has 8 heteroatoms. The molecule has 0 bridgehead atoms. The first-order chi connectivity index (χ1) is 19.6. The van der Waals surface area contributed by atoms with E-state index in [0.717, 1.165) is 75.1 Å². The third kappa shape index (κ3) is 4.51. The number of benzene rings is 3. The maximum Gasteiger partial charge on any atom is 0.305 e. The van der Waals surface area contributed by atoms with Gasteiger partial charge in [0.25, 0.3) is 0 Å². The van der Waals surface area contributed by atoms with E-state index in [0.29, 0.717) is 13.0 Å².